The fourth-order valence-corrected chi connectivity index (χ4v) is 1.89. The van der Waals surface area contributed by atoms with E-state index in [0.717, 1.165) is 17.7 Å². The molecule has 4 heteroatoms. The van der Waals surface area contributed by atoms with E-state index in [9.17, 15) is 13.6 Å². The first kappa shape index (κ1) is 15.2. The monoisotopic (exact) mass is 290 g/mol. The summed E-state index contributed by atoms with van der Waals surface area (Å²) < 4.78 is 32.7. The number of carbonyl (C=O) groups excluding carboxylic acids is 1. The average Bonchev–Trinajstić information content (AvgIpc) is 2.42. The van der Waals surface area contributed by atoms with Gasteiger partial charge >= 0.3 is 0 Å². The van der Waals surface area contributed by atoms with E-state index in [1.807, 2.05) is 12.1 Å². The molecule has 2 aromatic rings. The number of halogens is 2. The highest BCUT2D eigenvalue weighted by Gasteiger charge is 2.16. The molecule has 0 aliphatic heterocycles. The predicted molar refractivity (Wildman–Crippen MR) is 77.0 cm³/mol. The summed E-state index contributed by atoms with van der Waals surface area (Å²) in [6.07, 6.45) is 0.383. The van der Waals surface area contributed by atoms with Gasteiger partial charge < -0.3 is 4.74 Å². The van der Waals surface area contributed by atoms with Crippen LogP contribution in [0.25, 0.3) is 0 Å². The van der Waals surface area contributed by atoms with Crippen LogP contribution in [0.15, 0.2) is 36.4 Å². The maximum Gasteiger partial charge on any atom is 0.198 e. The smallest absolute Gasteiger partial charge is 0.198 e. The van der Waals surface area contributed by atoms with Gasteiger partial charge in [0, 0.05) is 5.56 Å². The summed E-state index contributed by atoms with van der Waals surface area (Å²) in [4.78, 5) is 10.5. The number of hydrogen-bond acceptors (Lipinski definition) is 2. The van der Waals surface area contributed by atoms with Gasteiger partial charge in [0.2, 0.25) is 0 Å². The van der Waals surface area contributed by atoms with Crippen LogP contribution in [-0.4, -0.2) is 6.29 Å². The van der Waals surface area contributed by atoms with Gasteiger partial charge in [0.05, 0.1) is 0 Å². The number of carbonyl (C=O) groups is 1. The zero-order valence-electron chi connectivity index (χ0n) is 12.1. The highest BCUT2D eigenvalue weighted by atomic mass is 19.1. The highest BCUT2D eigenvalue weighted by molar-refractivity contribution is 5.75. The molecule has 2 rings (SSSR count). The SMILES string of the molecule is CC(C)(C)c1ccc(Oc2c(F)cc(C=O)cc2F)cc1. The second kappa shape index (κ2) is 5.64. The van der Waals surface area contributed by atoms with E-state index >= 15 is 0 Å². The summed E-state index contributed by atoms with van der Waals surface area (Å²) in [5, 5.41) is 0. The molecule has 0 saturated heterocycles. The van der Waals surface area contributed by atoms with Crippen LogP contribution in [0.2, 0.25) is 0 Å². The van der Waals surface area contributed by atoms with Crippen LogP contribution in [0.4, 0.5) is 8.78 Å². The molecule has 0 aromatic heterocycles. The molecule has 0 bridgehead atoms. The van der Waals surface area contributed by atoms with Gasteiger partial charge in [-0.2, -0.15) is 0 Å². The van der Waals surface area contributed by atoms with Crippen LogP contribution < -0.4 is 4.74 Å². The molecule has 2 nitrogen and oxygen atoms in total. The molecule has 0 saturated carbocycles. The zero-order valence-corrected chi connectivity index (χ0v) is 12.1. The van der Waals surface area contributed by atoms with Crippen molar-refractivity contribution in [1.82, 2.24) is 0 Å². The maximum absolute atomic E-state index is 13.7. The molecular formula is C17H16F2O2. The summed E-state index contributed by atoms with van der Waals surface area (Å²) in [7, 11) is 0. The molecule has 0 spiro atoms. The fourth-order valence-electron chi connectivity index (χ4n) is 1.89. The molecule has 0 aliphatic rings. The fraction of sp³-hybridized carbons (Fsp3) is 0.235. The van der Waals surface area contributed by atoms with Crippen LogP contribution in [0.1, 0.15) is 36.7 Å². The van der Waals surface area contributed by atoms with Gasteiger partial charge in [0.15, 0.2) is 17.4 Å². The molecule has 0 radical (unpaired) electrons. The predicted octanol–water partition coefficient (Wildman–Crippen LogP) is 4.87. The number of ether oxygens (including phenoxy) is 1. The van der Waals surface area contributed by atoms with Crippen LogP contribution in [-0.2, 0) is 5.41 Å². The molecule has 0 heterocycles. The van der Waals surface area contributed by atoms with E-state index in [1.165, 1.54) is 0 Å². The topological polar surface area (TPSA) is 26.3 Å². The van der Waals surface area contributed by atoms with Crippen LogP contribution in [0.5, 0.6) is 11.5 Å². The molecule has 0 amide bonds. The van der Waals surface area contributed by atoms with Gasteiger partial charge in [-0.3, -0.25) is 4.79 Å². The first-order valence-electron chi connectivity index (χ1n) is 6.54. The van der Waals surface area contributed by atoms with Gasteiger partial charge in [-0.25, -0.2) is 8.78 Å². The Labute approximate surface area is 122 Å². The lowest BCUT2D eigenvalue weighted by Gasteiger charge is -2.19. The summed E-state index contributed by atoms with van der Waals surface area (Å²) in [5.74, 6) is -1.99. The molecule has 0 atom stereocenters. The Hall–Kier alpha value is -2.23. The molecule has 2 aromatic carbocycles. The Morgan fingerprint density at radius 3 is 1.95 bits per heavy atom. The maximum atomic E-state index is 13.7. The zero-order chi connectivity index (χ0) is 15.6. The van der Waals surface area contributed by atoms with Crippen molar-refractivity contribution in [2.45, 2.75) is 26.2 Å². The Bertz CT molecular complexity index is 632. The number of aldehydes is 1. The lowest BCUT2D eigenvalue weighted by Crippen LogP contribution is -2.10. The molecule has 0 unspecified atom stereocenters. The third kappa shape index (κ3) is 3.45. The minimum Gasteiger partial charge on any atom is -0.451 e. The van der Waals surface area contributed by atoms with Crippen molar-refractivity contribution in [2.24, 2.45) is 0 Å². The van der Waals surface area contributed by atoms with E-state index in [4.69, 9.17) is 4.74 Å². The minimum atomic E-state index is -0.906. The molecule has 21 heavy (non-hydrogen) atoms. The van der Waals surface area contributed by atoms with Crippen molar-refractivity contribution < 1.29 is 18.3 Å². The summed E-state index contributed by atoms with van der Waals surface area (Å²) in [6, 6.07) is 8.90. The van der Waals surface area contributed by atoms with Gasteiger partial charge in [-0.05, 0) is 35.2 Å². The van der Waals surface area contributed by atoms with Gasteiger partial charge in [-0.1, -0.05) is 32.9 Å². The number of benzene rings is 2. The van der Waals surface area contributed by atoms with Gasteiger partial charge in [0.25, 0.3) is 0 Å². The lowest BCUT2D eigenvalue weighted by molar-refractivity contribution is 0.112. The van der Waals surface area contributed by atoms with E-state index in [1.54, 1.807) is 12.1 Å². The molecular weight excluding hydrogens is 274 g/mol. The largest absolute Gasteiger partial charge is 0.451 e. The van der Waals surface area contributed by atoms with Crippen molar-refractivity contribution in [1.29, 1.82) is 0 Å². The number of hydrogen-bond donors (Lipinski definition) is 0. The van der Waals surface area contributed by atoms with Crippen molar-refractivity contribution >= 4 is 6.29 Å². The third-order valence-electron chi connectivity index (χ3n) is 3.10. The van der Waals surface area contributed by atoms with Crippen LogP contribution in [0, 0.1) is 11.6 Å². The second-order valence-corrected chi connectivity index (χ2v) is 5.81. The molecule has 0 N–H and O–H groups in total. The van der Waals surface area contributed by atoms with Gasteiger partial charge in [-0.15, -0.1) is 0 Å². The third-order valence-corrected chi connectivity index (χ3v) is 3.10. The average molecular weight is 290 g/mol. The van der Waals surface area contributed by atoms with Crippen molar-refractivity contribution in [3.63, 3.8) is 0 Å². The Balaban J connectivity index is 2.28. The summed E-state index contributed by atoms with van der Waals surface area (Å²) >= 11 is 0. The number of rotatable bonds is 3. The van der Waals surface area contributed by atoms with Crippen molar-refractivity contribution in [3.05, 3.63) is 59.2 Å². The van der Waals surface area contributed by atoms with E-state index in [2.05, 4.69) is 20.8 Å². The summed E-state index contributed by atoms with van der Waals surface area (Å²) in [5.41, 5.74) is 1.01. The highest BCUT2D eigenvalue weighted by Crippen LogP contribution is 2.30. The van der Waals surface area contributed by atoms with E-state index in [-0.39, 0.29) is 11.0 Å². The Kier molecular flexibility index (Phi) is 4.07. The van der Waals surface area contributed by atoms with Gasteiger partial charge in [0.1, 0.15) is 12.0 Å². The molecule has 0 aliphatic carbocycles. The first-order valence-corrected chi connectivity index (χ1v) is 6.54. The second-order valence-electron chi connectivity index (χ2n) is 5.81. The van der Waals surface area contributed by atoms with Crippen LogP contribution >= 0.6 is 0 Å². The Morgan fingerprint density at radius 2 is 1.52 bits per heavy atom. The molecule has 110 valence electrons. The Morgan fingerprint density at radius 1 is 1.00 bits per heavy atom. The first-order chi connectivity index (χ1) is 9.81. The summed E-state index contributed by atoms with van der Waals surface area (Å²) in [6.45, 7) is 6.21. The standard InChI is InChI=1S/C17H16F2O2/c1-17(2,3)12-4-6-13(7-5-12)21-16-14(18)8-11(10-20)9-15(16)19/h4-10H,1-3H3. The van der Waals surface area contributed by atoms with Crippen molar-refractivity contribution in [2.75, 3.05) is 0 Å². The molecule has 0 fully saturated rings. The van der Waals surface area contributed by atoms with Crippen LogP contribution in [0.3, 0.4) is 0 Å². The quantitative estimate of drug-likeness (QED) is 0.754. The van der Waals surface area contributed by atoms with E-state index in [0.29, 0.717) is 12.0 Å². The lowest BCUT2D eigenvalue weighted by atomic mass is 9.87. The normalized spacial score (nSPS) is 11.3. The minimum absolute atomic E-state index is 0.0133. The van der Waals surface area contributed by atoms with Crippen molar-refractivity contribution in [3.8, 4) is 11.5 Å². The van der Waals surface area contributed by atoms with E-state index < -0.39 is 17.4 Å².